The molecule has 2 heterocycles. The maximum Gasteiger partial charge on any atom is 0.271 e. The lowest BCUT2D eigenvalue weighted by atomic mass is 10.4. The zero-order valence-electron chi connectivity index (χ0n) is 9.46. The van der Waals surface area contributed by atoms with Gasteiger partial charge < -0.3 is 10.6 Å². The Bertz CT molecular complexity index is 539. The zero-order valence-corrected chi connectivity index (χ0v) is 10.3. The summed E-state index contributed by atoms with van der Waals surface area (Å²) in [6.07, 6.45) is 4.86. The van der Waals surface area contributed by atoms with Crippen molar-refractivity contribution < 1.29 is 4.79 Å². The first-order chi connectivity index (χ1) is 8.79. The van der Waals surface area contributed by atoms with Gasteiger partial charge >= 0.3 is 0 Å². The van der Waals surface area contributed by atoms with Crippen LogP contribution in [0.2, 0.25) is 0 Å². The molecule has 1 amide bonds. The van der Waals surface area contributed by atoms with Gasteiger partial charge in [0.15, 0.2) is 5.13 Å². The van der Waals surface area contributed by atoms with Crippen molar-refractivity contribution in [3.05, 3.63) is 42.2 Å². The number of nitrogens with zero attached hydrogens (tertiary/aromatic N) is 3. The van der Waals surface area contributed by atoms with Gasteiger partial charge in [-0.1, -0.05) is 6.08 Å². The predicted octanol–water partition coefficient (Wildman–Crippen LogP) is 1.59. The fourth-order valence-electron chi connectivity index (χ4n) is 1.15. The first kappa shape index (κ1) is 12.2. The van der Waals surface area contributed by atoms with Crippen LogP contribution in [-0.2, 0) is 0 Å². The topological polar surface area (TPSA) is 79.8 Å². The Morgan fingerprint density at radius 2 is 2.22 bits per heavy atom. The Morgan fingerprint density at radius 1 is 1.44 bits per heavy atom. The maximum absolute atomic E-state index is 11.6. The quantitative estimate of drug-likeness (QED) is 0.799. The van der Waals surface area contributed by atoms with Crippen LogP contribution in [0, 0.1) is 0 Å². The highest BCUT2D eigenvalue weighted by atomic mass is 32.1. The lowest BCUT2D eigenvalue weighted by Crippen LogP contribution is -2.23. The van der Waals surface area contributed by atoms with Crippen molar-refractivity contribution in [2.45, 2.75) is 0 Å². The molecule has 0 radical (unpaired) electrons. The van der Waals surface area contributed by atoms with Gasteiger partial charge in [-0.2, -0.15) is 0 Å². The normalized spacial score (nSPS) is 9.78. The molecule has 0 spiro atoms. The fourth-order valence-corrected chi connectivity index (χ4v) is 1.83. The van der Waals surface area contributed by atoms with E-state index in [1.807, 2.05) is 0 Å². The highest BCUT2D eigenvalue weighted by Crippen LogP contribution is 2.18. The van der Waals surface area contributed by atoms with Crippen molar-refractivity contribution >= 4 is 28.3 Å². The summed E-state index contributed by atoms with van der Waals surface area (Å²) >= 11 is 1.32. The molecule has 0 aliphatic carbocycles. The molecule has 2 aromatic rings. The molecule has 0 saturated carbocycles. The molecule has 92 valence electrons. The number of carbonyl (C=O) groups is 1. The molecule has 0 aliphatic rings. The average Bonchev–Trinajstić information content (AvgIpc) is 2.86. The first-order valence-electron chi connectivity index (χ1n) is 5.18. The van der Waals surface area contributed by atoms with Gasteiger partial charge in [0.1, 0.15) is 5.69 Å². The van der Waals surface area contributed by atoms with Crippen LogP contribution in [-0.4, -0.2) is 27.4 Å². The molecule has 0 saturated heterocycles. The number of carbonyl (C=O) groups excluding carboxylic acids is 1. The van der Waals surface area contributed by atoms with Crippen LogP contribution in [0.5, 0.6) is 0 Å². The van der Waals surface area contributed by atoms with E-state index >= 15 is 0 Å². The number of rotatable bonds is 5. The highest BCUT2D eigenvalue weighted by molar-refractivity contribution is 7.14. The Labute approximate surface area is 108 Å². The molecule has 6 nitrogen and oxygen atoms in total. The largest absolute Gasteiger partial charge is 0.347 e. The lowest BCUT2D eigenvalue weighted by molar-refractivity contribution is 0.0954. The van der Waals surface area contributed by atoms with Gasteiger partial charge in [-0.25, -0.2) is 15.0 Å². The second kappa shape index (κ2) is 5.87. The third-order valence-electron chi connectivity index (χ3n) is 1.93. The maximum atomic E-state index is 11.6. The fraction of sp³-hybridized carbons (Fsp3) is 0.0909. The van der Waals surface area contributed by atoms with Gasteiger partial charge in [0, 0.05) is 24.3 Å². The number of thiazole rings is 1. The summed E-state index contributed by atoms with van der Waals surface area (Å²) < 4.78 is 0. The van der Waals surface area contributed by atoms with E-state index < -0.39 is 0 Å². The van der Waals surface area contributed by atoms with Crippen LogP contribution in [0.25, 0.3) is 0 Å². The van der Waals surface area contributed by atoms with Crippen LogP contribution >= 0.6 is 11.3 Å². The average molecular weight is 261 g/mol. The van der Waals surface area contributed by atoms with E-state index in [4.69, 9.17) is 0 Å². The summed E-state index contributed by atoms with van der Waals surface area (Å²) in [6.45, 7) is 3.94. The third kappa shape index (κ3) is 3.11. The summed E-state index contributed by atoms with van der Waals surface area (Å²) in [7, 11) is 0. The number of hydrogen-bond donors (Lipinski definition) is 2. The minimum atomic E-state index is -0.229. The van der Waals surface area contributed by atoms with E-state index in [2.05, 4.69) is 32.2 Å². The van der Waals surface area contributed by atoms with E-state index in [-0.39, 0.29) is 5.91 Å². The second-order valence-corrected chi connectivity index (χ2v) is 4.09. The number of nitrogens with one attached hydrogen (secondary N) is 2. The molecule has 0 fully saturated rings. The van der Waals surface area contributed by atoms with Crippen LogP contribution < -0.4 is 10.6 Å². The number of hydrogen-bond acceptors (Lipinski definition) is 6. The van der Waals surface area contributed by atoms with E-state index in [0.717, 1.165) is 0 Å². The summed E-state index contributed by atoms with van der Waals surface area (Å²) in [5.41, 5.74) is 0.361. The molecule has 18 heavy (non-hydrogen) atoms. The molecule has 0 aliphatic heterocycles. The molecular weight excluding hydrogens is 250 g/mol. The Balaban J connectivity index is 2.02. The molecule has 0 aromatic carbocycles. The number of amides is 1. The van der Waals surface area contributed by atoms with Crippen molar-refractivity contribution in [3.8, 4) is 0 Å². The second-order valence-electron chi connectivity index (χ2n) is 3.23. The van der Waals surface area contributed by atoms with Crippen molar-refractivity contribution in [2.24, 2.45) is 0 Å². The minimum Gasteiger partial charge on any atom is -0.347 e. The standard InChI is InChI=1S/C11H11N5OS/c1-2-4-12-9(17)8-7-18-11(15-8)16-10-13-5-3-6-14-10/h2-3,5-7H,1,4H2,(H,12,17)(H,13,14,15,16). The third-order valence-corrected chi connectivity index (χ3v) is 2.69. The Kier molecular flexibility index (Phi) is 3.98. The van der Waals surface area contributed by atoms with Gasteiger partial charge in [-0.05, 0) is 6.07 Å². The SMILES string of the molecule is C=CCNC(=O)c1csc(Nc2ncccn2)n1. The van der Waals surface area contributed by atoms with Crippen molar-refractivity contribution in [2.75, 3.05) is 11.9 Å². The van der Waals surface area contributed by atoms with Crippen LogP contribution in [0.3, 0.4) is 0 Å². The number of anilines is 2. The van der Waals surface area contributed by atoms with Gasteiger partial charge in [0.05, 0.1) is 0 Å². The summed E-state index contributed by atoms with van der Waals surface area (Å²) in [5.74, 6) is 0.220. The molecule has 0 atom stereocenters. The Hall–Kier alpha value is -2.28. The van der Waals surface area contributed by atoms with Gasteiger partial charge in [-0.15, -0.1) is 17.9 Å². The van der Waals surface area contributed by atoms with Gasteiger partial charge in [-0.3, -0.25) is 4.79 Å². The molecular formula is C11H11N5OS. The van der Waals surface area contributed by atoms with Gasteiger partial charge in [0.25, 0.3) is 5.91 Å². The zero-order chi connectivity index (χ0) is 12.8. The molecule has 0 unspecified atom stereocenters. The monoisotopic (exact) mass is 261 g/mol. The van der Waals surface area contributed by atoms with Crippen molar-refractivity contribution in [1.82, 2.24) is 20.3 Å². The molecule has 2 aromatic heterocycles. The minimum absolute atomic E-state index is 0.229. The van der Waals surface area contributed by atoms with Crippen LogP contribution in [0.4, 0.5) is 11.1 Å². The molecule has 0 bridgehead atoms. The van der Waals surface area contributed by atoms with Crippen LogP contribution in [0.1, 0.15) is 10.5 Å². The Morgan fingerprint density at radius 3 is 2.94 bits per heavy atom. The molecule has 7 heteroatoms. The highest BCUT2D eigenvalue weighted by Gasteiger charge is 2.10. The van der Waals surface area contributed by atoms with Gasteiger partial charge in [0.2, 0.25) is 5.95 Å². The van der Waals surface area contributed by atoms with E-state index in [1.165, 1.54) is 11.3 Å². The van der Waals surface area contributed by atoms with E-state index in [1.54, 1.807) is 29.9 Å². The van der Waals surface area contributed by atoms with Crippen LogP contribution in [0.15, 0.2) is 36.5 Å². The predicted molar refractivity (Wildman–Crippen MR) is 70.0 cm³/mol. The van der Waals surface area contributed by atoms with Crippen molar-refractivity contribution in [3.63, 3.8) is 0 Å². The smallest absolute Gasteiger partial charge is 0.271 e. The van der Waals surface area contributed by atoms with E-state index in [0.29, 0.717) is 23.3 Å². The summed E-state index contributed by atoms with van der Waals surface area (Å²) in [6, 6.07) is 1.72. The first-order valence-corrected chi connectivity index (χ1v) is 6.06. The molecule has 2 N–H and O–H groups in total. The van der Waals surface area contributed by atoms with Crippen molar-refractivity contribution in [1.29, 1.82) is 0 Å². The lowest BCUT2D eigenvalue weighted by Gasteiger charge is -1.99. The number of aromatic nitrogens is 3. The molecule has 2 rings (SSSR count). The summed E-state index contributed by atoms with van der Waals surface area (Å²) in [4.78, 5) is 23.8. The summed E-state index contributed by atoms with van der Waals surface area (Å²) in [5, 5.41) is 7.82. The van der Waals surface area contributed by atoms with E-state index in [9.17, 15) is 4.79 Å².